The maximum atomic E-state index is 12.9. The van der Waals surface area contributed by atoms with Crippen molar-refractivity contribution in [2.24, 2.45) is 5.92 Å². The fraction of sp³-hybridized carbons (Fsp3) is 0.538. The highest BCUT2D eigenvalue weighted by Gasteiger charge is 2.36. The van der Waals surface area contributed by atoms with Gasteiger partial charge in [-0.05, 0) is 24.5 Å². The number of nitrogens with zero attached hydrogens (tertiary/aromatic N) is 1. The van der Waals surface area contributed by atoms with Crippen molar-refractivity contribution in [3.05, 3.63) is 29.8 Å². The van der Waals surface area contributed by atoms with Crippen LogP contribution in [0.3, 0.4) is 0 Å². The van der Waals surface area contributed by atoms with Crippen LogP contribution in [0.25, 0.3) is 0 Å². The maximum absolute atomic E-state index is 12.9. The highest BCUT2D eigenvalue weighted by Crippen LogP contribution is 2.37. The van der Waals surface area contributed by atoms with Gasteiger partial charge in [-0.2, -0.15) is 13.2 Å². The standard InChI is InChI=1S/C13H16F3NO/c1-9-8-17(7-6-12(9)18)11-5-3-2-4-10(11)13(14,15)16/h2-5,9,12,18H,6-8H2,1H3. The number of hydrogen-bond donors (Lipinski definition) is 1. The van der Waals surface area contributed by atoms with Crippen molar-refractivity contribution in [1.82, 2.24) is 0 Å². The average molecular weight is 259 g/mol. The van der Waals surface area contributed by atoms with E-state index in [1.165, 1.54) is 12.1 Å². The first-order chi connectivity index (χ1) is 8.39. The Kier molecular flexibility index (Phi) is 3.52. The van der Waals surface area contributed by atoms with Gasteiger partial charge >= 0.3 is 6.18 Å². The van der Waals surface area contributed by atoms with Gasteiger partial charge in [0.2, 0.25) is 0 Å². The van der Waals surface area contributed by atoms with E-state index in [0.717, 1.165) is 6.07 Å². The van der Waals surface area contributed by atoms with Gasteiger partial charge in [-0.3, -0.25) is 0 Å². The molecule has 2 nitrogen and oxygen atoms in total. The first-order valence-corrected chi connectivity index (χ1v) is 5.99. The Hall–Kier alpha value is -1.23. The van der Waals surface area contributed by atoms with Gasteiger partial charge in [0.1, 0.15) is 0 Å². The zero-order chi connectivity index (χ0) is 13.3. The minimum Gasteiger partial charge on any atom is -0.393 e. The number of aliphatic hydroxyl groups excluding tert-OH is 1. The van der Waals surface area contributed by atoms with Gasteiger partial charge < -0.3 is 10.0 Å². The molecule has 2 rings (SSSR count). The molecule has 0 bridgehead atoms. The van der Waals surface area contributed by atoms with Gasteiger partial charge in [-0.15, -0.1) is 0 Å². The predicted octanol–water partition coefficient (Wildman–Crippen LogP) is 2.91. The summed E-state index contributed by atoms with van der Waals surface area (Å²) >= 11 is 0. The third kappa shape index (κ3) is 2.61. The lowest BCUT2D eigenvalue weighted by molar-refractivity contribution is -0.137. The van der Waals surface area contributed by atoms with Crippen molar-refractivity contribution in [1.29, 1.82) is 0 Å². The number of hydrogen-bond acceptors (Lipinski definition) is 2. The van der Waals surface area contributed by atoms with Crippen LogP contribution in [0.4, 0.5) is 18.9 Å². The van der Waals surface area contributed by atoms with Crippen LogP contribution in [0.2, 0.25) is 0 Å². The Morgan fingerprint density at radius 3 is 2.56 bits per heavy atom. The Morgan fingerprint density at radius 1 is 1.28 bits per heavy atom. The van der Waals surface area contributed by atoms with E-state index in [9.17, 15) is 18.3 Å². The van der Waals surface area contributed by atoms with E-state index >= 15 is 0 Å². The molecule has 0 amide bonds. The first-order valence-electron chi connectivity index (χ1n) is 5.99. The monoisotopic (exact) mass is 259 g/mol. The maximum Gasteiger partial charge on any atom is 0.418 e. The molecule has 1 aliphatic rings. The van der Waals surface area contributed by atoms with E-state index in [2.05, 4.69) is 0 Å². The second kappa shape index (κ2) is 4.80. The van der Waals surface area contributed by atoms with E-state index in [0.29, 0.717) is 19.5 Å². The fourth-order valence-electron chi connectivity index (χ4n) is 2.34. The van der Waals surface area contributed by atoms with Gasteiger partial charge in [0.25, 0.3) is 0 Å². The molecule has 0 radical (unpaired) electrons. The van der Waals surface area contributed by atoms with Crippen LogP contribution in [0.5, 0.6) is 0 Å². The summed E-state index contributed by atoms with van der Waals surface area (Å²) in [5, 5.41) is 9.62. The summed E-state index contributed by atoms with van der Waals surface area (Å²) in [6.45, 7) is 2.76. The zero-order valence-electron chi connectivity index (χ0n) is 10.1. The molecule has 18 heavy (non-hydrogen) atoms. The van der Waals surface area contributed by atoms with E-state index in [1.54, 1.807) is 11.0 Å². The topological polar surface area (TPSA) is 23.5 Å². The summed E-state index contributed by atoms with van der Waals surface area (Å²) in [6.07, 6.45) is -4.25. The van der Waals surface area contributed by atoms with Crippen molar-refractivity contribution in [3.63, 3.8) is 0 Å². The van der Waals surface area contributed by atoms with Gasteiger partial charge in [-0.1, -0.05) is 19.1 Å². The SMILES string of the molecule is CC1CN(c2ccccc2C(F)(F)F)CCC1O. The van der Waals surface area contributed by atoms with Crippen molar-refractivity contribution in [2.75, 3.05) is 18.0 Å². The molecular weight excluding hydrogens is 243 g/mol. The Morgan fingerprint density at radius 2 is 1.94 bits per heavy atom. The molecule has 5 heteroatoms. The number of anilines is 1. The number of para-hydroxylation sites is 1. The van der Waals surface area contributed by atoms with Gasteiger partial charge in [0, 0.05) is 18.8 Å². The Balaban J connectivity index is 2.29. The molecule has 1 fully saturated rings. The van der Waals surface area contributed by atoms with Crippen molar-refractivity contribution < 1.29 is 18.3 Å². The fourth-order valence-corrected chi connectivity index (χ4v) is 2.34. The van der Waals surface area contributed by atoms with Gasteiger partial charge in [0.05, 0.1) is 11.7 Å². The normalized spacial score (nSPS) is 25.3. The molecular formula is C13H16F3NO. The molecule has 1 saturated heterocycles. The number of halogens is 3. The number of rotatable bonds is 1. The second-order valence-corrected chi connectivity index (χ2v) is 4.79. The van der Waals surface area contributed by atoms with Crippen molar-refractivity contribution in [3.8, 4) is 0 Å². The van der Waals surface area contributed by atoms with Crippen LogP contribution in [0, 0.1) is 5.92 Å². The van der Waals surface area contributed by atoms with Crippen LogP contribution in [-0.2, 0) is 6.18 Å². The number of piperidine rings is 1. The molecule has 1 N–H and O–H groups in total. The minimum absolute atomic E-state index is 0.0139. The summed E-state index contributed by atoms with van der Waals surface area (Å²) in [6, 6.07) is 5.60. The predicted molar refractivity (Wildman–Crippen MR) is 63.4 cm³/mol. The van der Waals surface area contributed by atoms with Crippen LogP contribution in [0.1, 0.15) is 18.9 Å². The van der Waals surface area contributed by atoms with Gasteiger partial charge in [-0.25, -0.2) is 0 Å². The van der Waals surface area contributed by atoms with Crippen LogP contribution >= 0.6 is 0 Å². The molecule has 0 spiro atoms. The molecule has 0 aromatic heterocycles. The largest absolute Gasteiger partial charge is 0.418 e. The smallest absolute Gasteiger partial charge is 0.393 e. The Bertz CT molecular complexity index is 419. The molecule has 0 saturated carbocycles. The number of aliphatic hydroxyl groups is 1. The summed E-state index contributed by atoms with van der Waals surface area (Å²) in [4.78, 5) is 1.71. The number of alkyl halides is 3. The van der Waals surface area contributed by atoms with Crippen LogP contribution < -0.4 is 4.90 Å². The van der Waals surface area contributed by atoms with Crippen LogP contribution in [-0.4, -0.2) is 24.3 Å². The van der Waals surface area contributed by atoms with Gasteiger partial charge in [0.15, 0.2) is 0 Å². The molecule has 1 aliphatic heterocycles. The van der Waals surface area contributed by atoms with Crippen LogP contribution in [0.15, 0.2) is 24.3 Å². The van der Waals surface area contributed by atoms with E-state index in [-0.39, 0.29) is 11.6 Å². The summed E-state index contributed by atoms with van der Waals surface area (Å²) in [7, 11) is 0. The molecule has 1 aromatic rings. The summed E-state index contributed by atoms with van der Waals surface area (Å²) < 4.78 is 38.7. The average Bonchev–Trinajstić information content (AvgIpc) is 2.32. The highest BCUT2D eigenvalue weighted by molar-refractivity contribution is 5.55. The third-order valence-electron chi connectivity index (χ3n) is 3.41. The number of benzene rings is 1. The molecule has 100 valence electrons. The molecule has 0 aliphatic carbocycles. The van der Waals surface area contributed by atoms with Crippen molar-refractivity contribution >= 4 is 5.69 Å². The second-order valence-electron chi connectivity index (χ2n) is 4.79. The summed E-state index contributed by atoms with van der Waals surface area (Å²) in [5.41, 5.74) is -0.391. The molecule has 1 aromatic carbocycles. The Labute approximate surface area is 104 Å². The zero-order valence-corrected chi connectivity index (χ0v) is 10.1. The third-order valence-corrected chi connectivity index (χ3v) is 3.41. The highest BCUT2D eigenvalue weighted by atomic mass is 19.4. The summed E-state index contributed by atoms with van der Waals surface area (Å²) in [5.74, 6) is -0.0139. The van der Waals surface area contributed by atoms with Crippen molar-refractivity contribution in [2.45, 2.75) is 25.6 Å². The molecule has 1 heterocycles. The quantitative estimate of drug-likeness (QED) is 0.838. The molecule has 2 atom stereocenters. The lowest BCUT2D eigenvalue weighted by Crippen LogP contribution is -2.42. The molecule has 2 unspecified atom stereocenters. The van der Waals surface area contributed by atoms with E-state index in [4.69, 9.17) is 0 Å². The minimum atomic E-state index is -4.34. The lowest BCUT2D eigenvalue weighted by Gasteiger charge is -2.37. The van der Waals surface area contributed by atoms with E-state index < -0.39 is 17.8 Å². The van der Waals surface area contributed by atoms with E-state index in [1.807, 2.05) is 6.92 Å². The first kappa shape index (κ1) is 13.2. The lowest BCUT2D eigenvalue weighted by atomic mass is 9.95.